The van der Waals surface area contributed by atoms with Crippen molar-refractivity contribution in [3.63, 3.8) is 0 Å². The van der Waals surface area contributed by atoms with Gasteiger partial charge in [-0.25, -0.2) is 0 Å². The third-order valence-corrected chi connectivity index (χ3v) is 3.89. The molecule has 2 nitrogen and oxygen atoms in total. The first-order valence-electron chi connectivity index (χ1n) is 4.64. The summed E-state index contributed by atoms with van der Waals surface area (Å²) in [6.07, 6.45) is 0.791. The predicted molar refractivity (Wildman–Crippen MR) is 62.6 cm³/mol. The molecular weight excluding hydrogens is 204 g/mol. The summed E-state index contributed by atoms with van der Waals surface area (Å²) in [5, 5.41) is 17.9. The maximum Gasteiger partial charge on any atom is 0.0602 e. The zero-order valence-corrected chi connectivity index (χ0v) is 10.0. The first-order chi connectivity index (χ1) is 6.13. The molecule has 2 unspecified atom stereocenters. The standard InChI is InChI=1S/C9H20O2S2/c1-8(10)6-12-4-3-5-13-7-9(2)11/h8-11H,3-7H2,1-2H3. The highest BCUT2D eigenvalue weighted by molar-refractivity contribution is 8.00. The highest BCUT2D eigenvalue weighted by atomic mass is 32.2. The second-order valence-corrected chi connectivity index (χ2v) is 5.50. The van der Waals surface area contributed by atoms with Crippen LogP contribution in [0.15, 0.2) is 0 Å². The molecule has 0 rings (SSSR count). The monoisotopic (exact) mass is 224 g/mol. The molecule has 80 valence electrons. The summed E-state index contributed by atoms with van der Waals surface area (Å²) in [5.74, 6) is 3.89. The molecule has 0 aromatic carbocycles. The minimum atomic E-state index is -0.185. The molecule has 0 amide bonds. The number of aliphatic hydroxyl groups excluding tert-OH is 2. The Morgan fingerprint density at radius 1 is 0.923 bits per heavy atom. The highest BCUT2D eigenvalue weighted by Gasteiger charge is 1.97. The summed E-state index contributed by atoms with van der Waals surface area (Å²) in [5.41, 5.74) is 0. The Kier molecular flexibility index (Phi) is 9.62. The number of rotatable bonds is 8. The zero-order chi connectivity index (χ0) is 10.1. The summed E-state index contributed by atoms with van der Waals surface area (Å²) in [6.45, 7) is 3.63. The van der Waals surface area contributed by atoms with Crippen LogP contribution in [0.3, 0.4) is 0 Å². The minimum absolute atomic E-state index is 0.185. The Hall–Kier alpha value is 0.620. The Bertz CT molecular complexity index is 95.8. The van der Waals surface area contributed by atoms with Gasteiger partial charge in [0.2, 0.25) is 0 Å². The van der Waals surface area contributed by atoms with Gasteiger partial charge in [-0.1, -0.05) is 0 Å². The summed E-state index contributed by atoms with van der Waals surface area (Å²) >= 11 is 3.59. The van der Waals surface area contributed by atoms with Gasteiger partial charge in [-0.2, -0.15) is 23.5 Å². The number of aliphatic hydroxyl groups is 2. The van der Waals surface area contributed by atoms with Crippen molar-refractivity contribution in [2.75, 3.05) is 23.0 Å². The molecule has 2 N–H and O–H groups in total. The molecule has 0 radical (unpaired) electrons. The van der Waals surface area contributed by atoms with Crippen LogP contribution < -0.4 is 0 Å². The molecule has 0 aliphatic heterocycles. The van der Waals surface area contributed by atoms with Gasteiger partial charge in [0.1, 0.15) is 0 Å². The second kappa shape index (κ2) is 9.19. The molecule has 13 heavy (non-hydrogen) atoms. The Balaban J connectivity index is 2.92. The summed E-state index contributed by atoms with van der Waals surface area (Å²) in [7, 11) is 0. The van der Waals surface area contributed by atoms with E-state index >= 15 is 0 Å². The number of hydrogen-bond acceptors (Lipinski definition) is 4. The van der Waals surface area contributed by atoms with Gasteiger partial charge in [-0.15, -0.1) is 0 Å². The Labute approximate surface area is 89.5 Å². The molecule has 0 aliphatic carbocycles. The highest BCUT2D eigenvalue weighted by Crippen LogP contribution is 2.09. The molecule has 0 saturated carbocycles. The van der Waals surface area contributed by atoms with Crippen LogP contribution in [0.2, 0.25) is 0 Å². The van der Waals surface area contributed by atoms with Crippen LogP contribution in [0.4, 0.5) is 0 Å². The van der Waals surface area contributed by atoms with Gasteiger partial charge in [0, 0.05) is 11.5 Å². The average molecular weight is 224 g/mol. The fraction of sp³-hybridized carbons (Fsp3) is 1.00. The van der Waals surface area contributed by atoms with Gasteiger partial charge in [-0.3, -0.25) is 0 Å². The lowest BCUT2D eigenvalue weighted by Crippen LogP contribution is -2.05. The van der Waals surface area contributed by atoms with Crippen LogP contribution in [-0.4, -0.2) is 45.4 Å². The van der Waals surface area contributed by atoms with E-state index in [0.717, 1.165) is 29.4 Å². The van der Waals surface area contributed by atoms with E-state index in [1.54, 1.807) is 23.5 Å². The van der Waals surface area contributed by atoms with Crippen molar-refractivity contribution < 1.29 is 10.2 Å². The van der Waals surface area contributed by atoms with Crippen LogP contribution in [-0.2, 0) is 0 Å². The quantitative estimate of drug-likeness (QED) is 0.615. The molecule has 0 heterocycles. The predicted octanol–water partition coefficient (Wildman–Crippen LogP) is 1.60. The van der Waals surface area contributed by atoms with E-state index in [9.17, 15) is 0 Å². The second-order valence-electron chi connectivity index (χ2n) is 3.20. The summed E-state index contributed by atoms with van der Waals surface area (Å²) in [6, 6.07) is 0. The maximum absolute atomic E-state index is 8.97. The minimum Gasteiger partial charge on any atom is -0.393 e. The number of hydrogen-bond donors (Lipinski definition) is 2. The van der Waals surface area contributed by atoms with Crippen LogP contribution >= 0.6 is 23.5 Å². The van der Waals surface area contributed by atoms with E-state index in [1.807, 2.05) is 13.8 Å². The lowest BCUT2D eigenvalue weighted by molar-refractivity contribution is 0.220. The van der Waals surface area contributed by atoms with Crippen molar-refractivity contribution in [1.29, 1.82) is 0 Å². The molecule has 0 spiro atoms. The Morgan fingerprint density at radius 3 is 1.62 bits per heavy atom. The summed E-state index contributed by atoms with van der Waals surface area (Å²) in [4.78, 5) is 0. The SMILES string of the molecule is CC(O)CSCCCSCC(C)O. The molecule has 0 bridgehead atoms. The fourth-order valence-electron chi connectivity index (χ4n) is 0.771. The van der Waals surface area contributed by atoms with E-state index in [-0.39, 0.29) is 12.2 Å². The van der Waals surface area contributed by atoms with E-state index in [1.165, 1.54) is 0 Å². The molecule has 2 atom stereocenters. The zero-order valence-electron chi connectivity index (χ0n) is 8.40. The van der Waals surface area contributed by atoms with Gasteiger partial charge >= 0.3 is 0 Å². The smallest absolute Gasteiger partial charge is 0.0602 e. The molecule has 0 aromatic rings. The molecular formula is C9H20O2S2. The van der Waals surface area contributed by atoms with Crippen molar-refractivity contribution >= 4 is 23.5 Å². The largest absolute Gasteiger partial charge is 0.393 e. The van der Waals surface area contributed by atoms with Crippen molar-refractivity contribution in [2.45, 2.75) is 32.5 Å². The molecule has 4 heteroatoms. The van der Waals surface area contributed by atoms with E-state index < -0.39 is 0 Å². The molecule has 0 aromatic heterocycles. The van der Waals surface area contributed by atoms with E-state index in [2.05, 4.69) is 0 Å². The van der Waals surface area contributed by atoms with Gasteiger partial charge in [0.25, 0.3) is 0 Å². The van der Waals surface area contributed by atoms with Crippen LogP contribution in [0.1, 0.15) is 20.3 Å². The first kappa shape index (κ1) is 13.6. The average Bonchev–Trinajstić information content (AvgIpc) is 2.01. The van der Waals surface area contributed by atoms with Gasteiger partial charge in [0.15, 0.2) is 0 Å². The van der Waals surface area contributed by atoms with E-state index in [4.69, 9.17) is 10.2 Å². The lowest BCUT2D eigenvalue weighted by Gasteiger charge is -2.05. The number of thioether (sulfide) groups is 2. The van der Waals surface area contributed by atoms with Gasteiger partial charge in [0.05, 0.1) is 12.2 Å². The van der Waals surface area contributed by atoms with Gasteiger partial charge in [-0.05, 0) is 31.8 Å². The molecule has 0 aliphatic rings. The van der Waals surface area contributed by atoms with Crippen LogP contribution in [0.5, 0.6) is 0 Å². The molecule has 0 fully saturated rings. The molecule has 0 saturated heterocycles. The third kappa shape index (κ3) is 12.6. The van der Waals surface area contributed by atoms with E-state index in [0.29, 0.717) is 0 Å². The topological polar surface area (TPSA) is 40.5 Å². The van der Waals surface area contributed by atoms with Crippen LogP contribution in [0.25, 0.3) is 0 Å². The fourth-order valence-corrected chi connectivity index (χ4v) is 2.67. The normalized spacial score (nSPS) is 15.7. The summed E-state index contributed by atoms with van der Waals surface area (Å²) < 4.78 is 0. The first-order valence-corrected chi connectivity index (χ1v) is 6.95. The lowest BCUT2D eigenvalue weighted by atomic mass is 10.5. The van der Waals surface area contributed by atoms with Crippen molar-refractivity contribution in [3.05, 3.63) is 0 Å². The van der Waals surface area contributed by atoms with Crippen molar-refractivity contribution in [1.82, 2.24) is 0 Å². The Morgan fingerprint density at radius 2 is 1.31 bits per heavy atom. The van der Waals surface area contributed by atoms with Gasteiger partial charge < -0.3 is 10.2 Å². The van der Waals surface area contributed by atoms with Crippen molar-refractivity contribution in [3.8, 4) is 0 Å². The van der Waals surface area contributed by atoms with Crippen molar-refractivity contribution in [2.24, 2.45) is 0 Å². The maximum atomic E-state index is 8.97. The van der Waals surface area contributed by atoms with Crippen LogP contribution in [0, 0.1) is 0 Å². The third-order valence-electron chi connectivity index (χ3n) is 1.30.